The van der Waals surface area contributed by atoms with Gasteiger partial charge in [0.05, 0.1) is 12.2 Å². The largest absolute Gasteiger partial charge is 0.462 e. The summed E-state index contributed by atoms with van der Waals surface area (Å²) in [6.45, 7) is 5.35. The van der Waals surface area contributed by atoms with Gasteiger partial charge in [-0.1, -0.05) is 0 Å². The number of carbonyl (C=O) groups excluding carboxylic acids is 1. The molecule has 1 N–H and O–H groups in total. The highest BCUT2D eigenvalue weighted by molar-refractivity contribution is 7.10. The van der Waals surface area contributed by atoms with Crippen LogP contribution < -0.4 is 5.32 Å². The van der Waals surface area contributed by atoms with Crippen LogP contribution in [0.15, 0.2) is 5.38 Å². The zero-order valence-electron chi connectivity index (χ0n) is 9.41. The Morgan fingerprint density at radius 3 is 3.12 bits per heavy atom. The molecule has 0 aromatic carbocycles. The highest BCUT2D eigenvalue weighted by Gasteiger charge is 2.24. The molecule has 0 unspecified atom stereocenters. The number of thiophene rings is 1. The molecule has 2 heterocycles. The Morgan fingerprint density at radius 1 is 1.69 bits per heavy atom. The monoisotopic (exact) mass is 261 g/mol. The molecule has 0 amide bonds. The number of ether oxygens (including phenoxy) is 1. The Bertz CT molecular complexity index is 378. The average molecular weight is 262 g/mol. The molecule has 0 spiro atoms. The molecule has 1 atom stereocenters. The SMILES string of the molecule is CCOC(=O)c1csc2c1CCN[C@@H]2C.Cl. The quantitative estimate of drug-likeness (QED) is 0.832. The van der Waals surface area contributed by atoms with Gasteiger partial charge >= 0.3 is 5.97 Å². The predicted octanol–water partition coefficient (Wildman–Crippen LogP) is 2.55. The fourth-order valence-corrected chi connectivity index (χ4v) is 3.03. The Labute approximate surface area is 106 Å². The first-order chi connectivity index (χ1) is 7.24. The Morgan fingerprint density at radius 2 is 2.44 bits per heavy atom. The van der Waals surface area contributed by atoms with Crippen molar-refractivity contribution < 1.29 is 9.53 Å². The lowest BCUT2D eigenvalue weighted by molar-refractivity contribution is 0.0525. The van der Waals surface area contributed by atoms with Crippen molar-refractivity contribution in [2.75, 3.05) is 13.2 Å². The van der Waals surface area contributed by atoms with Crippen molar-refractivity contribution in [3.8, 4) is 0 Å². The third-order valence-corrected chi connectivity index (χ3v) is 3.85. The third-order valence-electron chi connectivity index (χ3n) is 2.64. The van der Waals surface area contributed by atoms with Crippen LogP contribution in [0.4, 0.5) is 0 Å². The van der Waals surface area contributed by atoms with Gasteiger partial charge < -0.3 is 10.1 Å². The Hall–Kier alpha value is -0.580. The summed E-state index contributed by atoms with van der Waals surface area (Å²) in [6.07, 6.45) is 0.928. The van der Waals surface area contributed by atoms with E-state index in [1.165, 1.54) is 10.4 Å². The second kappa shape index (κ2) is 5.66. The van der Waals surface area contributed by atoms with Crippen LogP contribution in [-0.2, 0) is 11.2 Å². The van der Waals surface area contributed by atoms with Crippen LogP contribution in [0.1, 0.15) is 40.7 Å². The van der Waals surface area contributed by atoms with Crippen molar-refractivity contribution >= 4 is 29.7 Å². The van der Waals surface area contributed by atoms with Crippen molar-refractivity contribution in [3.05, 3.63) is 21.4 Å². The fourth-order valence-electron chi connectivity index (χ4n) is 1.91. The second-order valence-electron chi connectivity index (χ2n) is 3.64. The summed E-state index contributed by atoms with van der Waals surface area (Å²) < 4.78 is 5.03. The zero-order chi connectivity index (χ0) is 10.8. The number of halogens is 1. The van der Waals surface area contributed by atoms with Crippen LogP contribution in [0.5, 0.6) is 0 Å². The molecule has 1 aliphatic heterocycles. The van der Waals surface area contributed by atoms with E-state index in [4.69, 9.17) is 4.74 Å². The molecule has 0 fully saturated rings. The van der Waals surface area contributed by atoms with Gasteiger partial charge in [-0.15, -0.1) is 23.7 Å². The number of esters is 1. The Kier molecular flexibility index (Phi) is 4.77. The average Bonchev–Trinajstić information content (AvgIpc) is 2.63. The number of rotatable bonds is 2. The van der Waals surface area contributed by atoms with E-state index in [-0.39, 0.29) is 18.4 Å². The number of nitrogens with one attached hydrogen (secondary N) is 1. The molecule has 1 aliphatic rings. The number of hydrogen-bond donors (Lipinski definition) is 1. The van der Waals surface area contributed by atoms with E-state index in [0.29, 0.717) is 12.6 Å². The van der Waals surface area contributed by atoms with Gasteiger partial charge in [0.25, 0.3) is 0 Å². The maximum absolute atomic E-state index is 11.6. The maximum atomic E-state index is 11.6. The van der Waals surface area contributed by atoms with E-state index < -0.39 is 0 Å². The zero-order valence-corrected chi connectivity index (χ0v) is 11.0. The van der Waals surface area contributed by atoms with Crippen molar-refractivity contribution in [1.82, 2.24) is 5.32 Å². The van der Waals surface area contributed by atoms with Gasteiger partial charge in [0.15, 0.2) is 0 Å². The van der Waals surface area contributed by atoms with Gasteiger partial charge in [0, 0.05) is 16.3 Å². The lowest BCUT2D eigenvalue weighted by Crippen LogP contribution is -2.27. The van der Waals surface area contributed by atoms with E-state index in [0.717, 1.165) is 18.5 Å². The number of fused-ring (bicyclic) bond motifs is 1. The molecule has 3 nitrogen and oxygen atoms in total. The van der Waals surface area contributed by atoms with Crippen LogP contribution in [-0.4, -0.2) is 19.1 Å². The minimum Gasteiger partial charge on any atom is -0.462 e. The highest BCUT2D eigenvalue weighted by Crippen LogP contribution is 2.31. The molecule has 0 aliphatic carbocycles. The first-order valence-corrected chi connectivity index (χ1v) is 6.12. The summed E-state index contributed by atoms with van der Waals surface area (Å²) in [5.74, 6) is -0.177. The minimum absolute atomic E-state index is 0. The standard InChI is InChI=1S/C11H15NO2S.ClH/c1-3-14-11(13)9-6-15-10-7(2)12-5-4-8(9)10;/h6-7,12H,3-5H2,1-2H3;1H/t7-;/m1./s1. The van der Waals surface area contributed by atoms with Crippen LogP contribution >= 0.6 is 23.7 Å². The summed E-state index contributed by atoms with van der Waals surface area (Å²) in [5.41, 5.74) is 1.95. The van der Waals surface area contributed by atoms with Gasteiger partial charge in [-0.05, 0) is 32.4 Å². The first kappa shape index (κ1) is 13.5. The van der Waals surface area contributed by atoms with Crippen LogP contribution in [0.2, 0.25) is 0 Å². The van der Waals surface area contributed by atoms with E-state index >= 15 is 0 Å². The molecule has 0 radical (unpaired) electrons. The van der Waals surface area contributed by atoms with Crippen molar-refractivity contribution in [1.29, 1.82) is 0 Å². The molecule has 5 heteroatoms. The van der Waals surface area contributed by atoms with E-state index in [1.54, 1.807) is 11.3 Å². The molecule has 1 aromatic rings. The predicted molar refractivity (Wildman–Crippen MR) is 67.6 cm³/mol. The molecule has 90 valence electrons. The first-order valence-electron chi connectivity index (χ1n) is 5.24. The molecule has 16 heavy (non-hydrogen) atoms. The van der Waals surface area contributed by atoms with E-state index in [9.17, 15) is 4.79 Å². The summed E-state index contributed by atoms with van der Waals surface area (Å²) in [4.78, 5) is 12.9. The lowest BCUT2D eigenvalue weighted by atomic mass is 10.0. The molecule has 0 saturated heterocycles. The number of hydrogen-bond acceptors (Lipinski definition) is 4. The van der Waals surface area contributed by atoms with E-state index in [2.05, 4.69) is 12.2 Å². The summed E-state index contributed by atoms with van der Waals surface area (Å²) in [5, 5.41) is 5.30. The minimum atomic E-state index is -0.177. The van der Waals surface area contributed by atoms with Gasteiger partial charge in [-0.3, -0.25) is 0 Å². The third kappa shape index (κ3) is 2.39. The summed E-state index contributed by atoms with van der Waals surface area (Å²) >= 11 is 1.65. The van der Waals surface area contributed by atoms with Crippen molar-refractivity contribution in [3.63, 3.8) is 0 Å². The molecule has 2 rings (SSSR count). The molecule has 0 bridgehead atoms. The van der Waals surface area contributed by atoms with Gasteiger partial charge in [-0.2, -0.15) is 0 Å². The highest BCUT2D eigenvalue weighted by atomic mass is 35.5. The molecule has 1 aromatic heterocycles. The van der Waals surface area contributed by atoms with Gasteiger partial charge in [0.2, 0.25) is 0 Å². The second-order valence-corrected chi connectivity index (χ2v) is 4.55. The van der Waals surface area contributed by atoms with Crippen LogP contribution in [0.25, 0.3) is 0 Å². The topological polar surface area (TPSA) is 38.3 Å². The lowest BCUT2D eigenvalue weighted by Gasteiger charge is -2.20. The van der Waals surface area contributed by atoms with Gasteiger partial charge in [-0.25, -0.2) is 4.79 Å². The maximum Gasteiger partial charge on any atom is 0.339 e. The van der Waals surface area contributed by atoms with Crippen LogP contribution in [0.3, 0.4) is 0 Å². The van der Waals surface area contributed by atoms with Crippen molar-refractivity contribution in [2.45, 2.75) is 26.3 Å². The van der Waals surface area contributed by atoms with E-state index in [1.807, 2.05) is 12.3 Å². The smallest absolute Gasteiger partial charge is 0.339 e. The fraction of sp³-hybridized carbons (Fsp3) is 0.545. The number of carbonyl (C=O) groups is 1. The van der Waals surface area contributed by atoms with Gasteiger partial charge in [0.1, 0.15) is 0 Å². The molecular weight excluding hydrogens is 246 g/mol. The van der Waals surface area contributed by atoms with Crippen LogP contribution in [0, 0.1) is 0 Å². The molecular formula is C11H16ClNO2S. The summed E-state index contributed by atoms with van der Waals surface area (Å²) in [7, 11) is 0. The Balaban J connectivity index is 0.00000128. The normalized spacial score (nSPS) is 18.5. The summed E-state index contributed by atoms with van der Waals surface area (Å²) in [6, 6.07) is 0.363. The molecule has 0 saturated carbocycles. The van der Waals surface area contributed by atoms with Crippen molar-refractivity contribution in [2.24, 2.45) is 0 Å².